The Morgan fingerprint density at radius 1 is 1.12 bits per heavy atom. The molecule has 16 heavy (non-hydrogen) atoms. The fourth-order valence-electron chi connectivity index (χ4n) is 1.10. The summed E-state index contributed by atoms with van der Waals surface area (Å²) >= 11 is 0. The van der Waals surface area contributed by atoms with Gasteiger partial charge in [-0.3, -0.25) is 0 Å². The lowest BCUT2D eigenvalue weighted by Gasteiger charge is -2.38. The van der Waals surface area contributed by atoms with Crippen LogP contribution in [0.2, 0.25) is 32.0 Å². The van der Waals surface area contributed by atoms with Crippen molar-refractivity contribution < 1.29 is 14.8 Å². The van der Waals surface area contributed by atoms with E-state index in [1.54, 1.807) is 27.7 Å². The molecule has 0 saturated carbocycles. The lowest BCUT2D eigenvalue weighted by atomic mass is 9.81. The van der Waals surface area contributed by atoms with Crippen LogP contribution in [0.25, 0.3) is 0 Å². The van der Waals surface area contributed by atoms with E-state index < -0.39 is 26.4 Å². The van der Waals surface area contributed by atoms with E-state index in [-0.39, 0.29) is 0 Å². The second-order valence-corrected chi connectivity index (χ2v) is 12.4. The Bertz CT molecular complexity index is 218. The Balaban J connectivity index is 4.20. The first-order chi connectivity index (χ1) is 6.85. The quantitative estimate of drug-likeness (QED) is 0.707. The largest absolute Gasteiger partial charge is 0.454 e. The fraction of sp³-hybridized carbons (Fsp3) is 1.00. The summed E-state index contributed by atoms with van der Waals surface area (Å²) in [6, 6.07) is 1.02. The first kappa shape index (κ1) is 16.2. The standard InChI is InChI=1S/C11H27BO3Si/c1-10(2,13)11(3,4)15-12(14)8-9-16(5,6)7/h13-14H,8-9H2,1-7H3. The van der Waals surface area contributed by atoms with Crippen LogP contribution in [-0.4, -0.2) is 36.5 Å². The van der Waals surface area contributed by atoms with Gasteiger partial charge in [-0.1, -0.05) is 25.7 Å². The first-order valence-electron chi connectivity index (χ1n) is 5.93. The van der Waals surface area contributed by atoms with Crippen molar-refractivity contribution in [2.75, 3.05) is 0 Å². The van der Waals surface area contributed by atoms with E-state index in [1.807, 2.05) is 0 Å². The van der Waals surface area contributed by atoms with Crippen molar-refractivity contribution in [3.63, 3.8) is 0 Å². The van der Waals surface area contributed by atoms with Crippen LogP contribution < -0.4 is 0 Å². The van der Waals surface area contributed by atoms with E-state index in [1.165, 1.54) is 0 Å². The van der Waals surface area contributed by atoms with Gasteiger partial charge in [0.1, 0.15) is 0 Å². The zero-order chi connectivity index (χ0) is 13.2. The van der Waals surface area contributed by atoms with Gasteiger partial charge < -0.3 is 14.8 Å². The molecule has 0 spiro atoms. The molecule has 0 rings (SSSR count). The molecule has 5 heteroatoms. The summed E-state index contributed by atoms with van der Waals surface area (Å²) in [5.74, 6) is 0. The molecule has 0 atom stereocenters. The van der Waals surface area contributed by atoms with Gasteiger partial charge in [0.2, 0.25) is 0 Å². The van der Waals surface area contributed by atoms with Crippen molar-refractivity contribution in [3.8, 4) is 0 Å². The molecule has 0 unspecified atom stereocenters. The molecule has 0 saturated heterocycles. The van der Waals surface area contributed by atoms with Crippen LogP contribution >= 0.6 is 0 Å². The third kappa shape index (κ3) is 6.04. The van der Waals surface area contributed by atoms with Crippen LogP contribution in [-0.2, 0) is 4.65 Å². The Kier molecular flexibility index (Phi) is 5.26. The Morgan fingerprint density at radius 3 is 1.88 bits per heavy atom. The molecule has 0 aromatic heterocycles. The van der Waals surface area contributed by atoms with E-state index in [0.717, 1.165) is 6.04 Å². The average molecular weight is 246 g/mol. The van der Waals surface area contributed by atoms with Gasteiger partial charge in [0, 0.05) is 8.07 Å². The normalized spacial score (nSPS) is 14.1. The van der Waals surface area contributed by atoms with Crippen molar-refractivity contribution >= 4 is 15.2 Å². The molecule has 0 radical (unpaired) electrons. The summed E-state index contributed by atoms with van der Waals surface area (Å²) in [6.45, 7) is 13.8. The summed E-state index contributed by atoms with van der Waals surface area (Å²) in [4.78, 5) is 0. The number of aliphatic hydroxyl groups is 1. The maximum Gasteiger partial charge on any atom is 0.454 e. The minimum absolute atomic E-state index is 0.648. The van der Waals surface area contributed by atoms with Gasteiger partial charge in [0.15, 0.2) is 0 Å². The molecule has 0 aliphatic carbocycles. The first-order valence-corrected chi connectivity index (χ1v) is 9.64. The van der Waals surface area contributed by atoms with Gasteiger partial charge in [-0.2, -0.15) is 0 Å². The van der Waals surface area contributed by atoms with Crippen LogP contribution in [0.4, 0.5) is 0 Å². The SMILES string of the molecule is CC(C)(O)C(C)(C)OB(O)CC[Si](C)(C)C. The van der Waals surface area contributed by atoms with E-state index in [0.29, 0.717) is 6.32 Å². The molecular weight excluding hydrogens is 219 g/mol. The summed E-state index contributed by atoms with van der Waals surface area (Å²) in [5.41, 5.74) is -1.71. The van der Waals surface area contributed by atoms with E-state index in [9.17, 15) is 10.1 Å². The highest BCUT2D eigenvalue weighted by molar-refractivity contribution is 6.76. The highest BCUT2D eigenvalue weighted by Crippen LogP contribution is 2.26. The molecule has 0 bridgehead atoms. The molecule has 0 amide bonds. The van der Waals surface area contributed by atoms with Crippen molar-refractivity contribution in [2.24, 2.45) is 0 Å². The molecule has 0 aliphatic rings. The van der Waals surface area contributed by atoms with Crippen molar-refractivity contribution in [1.29, 1.82) is 0 Å². The van der Waals surface area contributed by atoms with Gasteiger partial charge in [-0.15, -0.1) is 0 Å². The average Bonchev–Trinajstić information content (AvgIpc) is 1.96. The van der Waals surface area contributed by atoms with E-state index in [4.69, 9.17) is 4.65 Å². The summed E-state index contributed by atoms with van der Waals surface area (Å²) in [6.07, 6.45) is 0.648. The maximum atomic E-state index is 9.89. The van der Waals surface area contributed by atoms with Gasteiger partial charge in [-0.25, -0.2) is 0 Å². The molecule has 0 aromatic rings. The summed E-state index contributed by atoms with van der Waals surface area (Å²) < 4.78 is 5.53. The predicted molar refractivity (Wildman–Crippen MR) is 72.4 cm³/mol. The third-order valence-electron chi connectivity index (χ3n) is 3.05. The highest BCUT2D eigenvalue weighted by atomic mass is 28.3. The van der Waals surface area contributed by atoms with Crippen molar-refractivity contribution in [1.82, 2.24) is 0 Å². The smallest absolute Gasteiger partial charge is 0.427 e. The van der Waals surface area contributed by atoms with Crippen LogP contribution in [0, 0.1) is 0 Å². The zero-order valence-corrected chi connectivity index (χ0v) is 12.8. The minimum atomic E-state index is -1.14. The van der Waals surface area contributed by atoms with Gasteiger partial charge in [0.25, 0.3) is 0 Å². The molecule has 0 fully saturated rings. The maximum absolute atomic E-state index is 9.89. The topological polar surface area (TPSA) is 49.7 Å². The molecule has 2 N–H and O–H groups in total. The fourth-order valence-corrected chi connectivity index (χ4v) is 2.21. The van der Waals surface area contributed by atoms with Gasteiger partial charge >= 0.3 is 7.12 Å². The number of rotatable bonds is 6. The monoisotopic (exact) mass is 246 g/mol. The number of hydrogen-bond acceptors (Lipinski definition) is 3. The Labute approximate surface area is 101 Å². The van der Waals surface area contributed by atoms with Crippen LogP contribution in [0.15, 0.2) is 0 Å². The second-order valence-electron chi connectivity index (χ2n) is 6.74. The summed E-state index contributed by atoms with van der Waals surface area (Å²) in [7, 11) is -1.93. The molecule has 0 aliphatic heterocycles. The zero-order valence-electron chi connectivity index (χ0n) is 11.8. The molecule has 0 aromatic carbocycles. The van der Waals surface area contributed by atoms with E-state index >= 15 is 0 Å². The molecule has 3 nitrogen and oxygen atoms in total. The lowest BCUT2D eigenvalue weighted by molar-refractivity contribution is -0.0998. The number of hydrogen-bond donors (Lipinski definition) is 2. The third-order valence-corrected chi connectivity index (χ3v) is 4.83. The second kappa shape index (κ2) is 5.21. The minimum Gasteiger partial charge on any atom is -0.427 e. The van der Waals surface area contributed by atoms with E-state index in [2.05, 4.69) is 19.6 Å². The predicted octanol–water partition coefficient (Wildman–Crippen LogP) is 2.37. The highest BCUT2D eigenvalue weighted by Gasteiger charge is 2.39. The van der Waals surface area contributed by atoms with Crippen molar-refractivity contribution in [2.45, 2.75) is 70.9 Å². The van der Waals surface area contributed by atoms with Crippen LogP contribution in [0.3, 0.4) is 0 Å². The molecule has 0 heterocycles. The molecule has 96 valence electrons. The van der Waals surface area contributed by atoms with Gasteiger partial charge in [0.05, 0.1) is 11.2 Å². The Morgan fingerprint density at radius 2 is 1.56 bits per heavy atom. The Hall–Kier alpha value is 0.162. The lowest BCUT2D eigenvalue weighted by Crippen LogP contribution is -2.50. The van der Waals surface area contributed by atoms with Crippen molar-refractivity contribution in [3.05, 3.63) is 0 Å². The summed E-state index contributed by atoms with van der Waals surface area (Å²) in [5, 5.41) is 19.7. The van der Waals surface area contributed by atoms with Crippen LogP contribution in [0.1, 0.15) is 27.7 Å². The molecular formula is C11H27BO3Si. The van der Waals surface area contributed by atoms with Gasteiger partial charge in [-0.05, 0) is 34.0 Å². The van der Waals surface area contributed by atoms with Crippen LogP contribution in [0.5, 0.6) is 0 Å².